The third kappa shape index (κ3) is 3.70. The predicted octanol–water partition coefficient (Wildman–Crippen LogP) is 0.942. The van der Waals surface area contributed by atoms with Gasteiger partial charge in [-0.3, -0.25) is 9.36 Å². The molecule has 1 saturated heterocycles. The Kier molecular flexibility index (Phi) is 6.09. The Bertz CT molecular complexity index is 1250. The summed E-state index contributed by atoms with van der Waals surface area (Å²) in [6.45, 7) is -0.488. The van der Waals surface area contributed by atoms with Crippen LogP contribution in [0.1, 0.15) is 16.6 Å². The van der Waals surface area contributed by atoms with Crippen LogP contribution < -0.4 is 5.32 Å². The van der Waals surface area contributed by atoms with Crippen LogP contribution in [0.25, 0.3) is 21.6 Å². The van der Waals surface area contributed by atoms with E-state index in [1.807, 2.05) is 0 Å². The number of hydrogen-bond acceptors (Lipinski definition) is 10. The van der Waals surface area contributed by atoms with Gasteiger partial charge < -0.3 is 30.5 Å². The fourth-order valence-corrected chi connectivity index (χ4v) is 3.86. The second-order valence-electron chi connectivity index (χ2n) is 6.71. The van der Waals surface area contributed by atoms with Gasteiger partial charge in [-0.25, -0.2) is 15.0 Å². The van der Waals surface area contributed by atoms with Crippen LogP contribution in [0.3, 0.4) is 0 Å². The number of phenols is 1. The number of azide groups is 1. The number of aliphatic hydroxyl groups excluding tert-OH is 3. The summed E-state index contributed by atoms with van der Waals surface area (Å²) in [6, 6.07) is 2.69. The van der Waals surface area contributed by atoms with Crippen molar-refractivity contribution in [2.75, 3.05) is 11.9 Å². The van der Waals surface area contributed by atoms with E-state index in [9.17, 15) is 25.2 Å². The lowest BCUT2D eigenvalue weighted by atomic mass is 10.1. The number of nitrogens with zero attached hydrogens (tertiary/aromatic N) is 7. The molecular weight excluding hydrogens is 539 g/mol. The Balaban J connectivity index is 1.65. The molecule has 1 aliphatic rings. The van der Waals surface area contributed by atoms with Gasteiger partial charge in [-0.1, -0.05) is 11.2 Å². The lowest BCUT2D eigenvalue weighted by Gasteiger charge is -2.16. The quantitative estimate of drug-likeness (QED) is 0.131. The van der Waals surface area contributed by atoms with Gasteiger partial charge in [0, 0.05) is 4.91 Å². The molecule has 14 nitrogen and oxygen atoms in total. The average Bonchev–Trinajstić information content (AvgIpc) is 3.33. The highest BCUT2D eigenvalue weighted by molar-refractivity contribution is 14.1. The SMILES string of the molecule is [N-]=[N+]=Nc1ccc(C(=O)Nc2ncnc3c2ncn3[C@@H]2O[C@H](CO)[C@@H](O)[C@H]2O)c(O)c1I. The van der Waals surface area contributed by atoms with Crippen LogP contribution in [0.4, 0.5) is 11.5 Å². The highest BCUT2D eigenvalue weighted by Gasteiger charge is 2.44. The van der Waals surface area contributed by atoms with Crippen molar-refractivity contribution >= 4 is 51.2 Å². The maximum Gasteiger partial charge on any atom is 0.260 e. The highest BCUT2D eigenvalue weighted by atomic mass is 127. The Morgan fingerprint density at radius 1 is 1.31 bits per heavy atom. The van der Waals surface area contributed by atoms with Gasteiger partial charge in [0.1, 0.15) is 30.4 Å². The number of fused-ring (bicyclic) bond motifs is 1. The zero-order valence-electron chi connectivity index (χ0n) is 15.9. The van der Waals surface area contributed by atoms with E-state index in [1.54, 1.807) is 22.6 Å². The molecule has 0 spiro atoms. The number of aromatic hydroxyl groups is 1. The molecule has 5 N–H and O–H groups in total. The predicted molar refractivity (Wildman–Crippen MR) is 116 cm³/mol. The Morgan fingerprint density at radius 3 is 2.78 bits per heavy atom. The van der Waals surface area contributed by atoms with Gasteiger partial charge in [-0.2, -0.15) is 0 Å². The van der Waals surface area contributed by atoms with Gasteiger partial charge in [0.2, 0.25) is 0 Å². The van der Waals surface area contributed by atoms with Gasteiger partial charge in [0.15, 0.2) is 23.2 Å². The molecule has 1 aliphatic heterocycles. The van der Waals surface area contributed by atoms with Crippen molar-refractivity contribution in [1.29, 1.82) is 0 Å². The number of hydrogen-bond donors (Lipinski definition) is 5. The van der Waals surface area contributed by atoms with Crippen LogP contribution in [0.5, 0.6) is 5.75 Å². The number of amides is 1. The molecule has 4 atom stereocenters. The summed E-state index contributed by atoms with van der Waals surface area (Å²) in [5, 5.41) is 45.8. The largest absolute Gasteiger partial charge is 0.506 e. The molecular formula is C17H15IN8O6. The van der Waals surface area contributed by atoms with Crippen molar-refractivity contribution in [3.8, 4) is 5.75 Å². The van der Waals surface area contributed by atoms with E-state index in [2.05, 4.69) is 30.3 Å². The van der Waals surface area contributed by atoms with E-state index in [4.69, 9.17) is 10.3 Å². The maximum atomic E-state index is 12.7. The second-order valence-corrected chi connectivity index (χ2v) is 7.79. The number of phenolic OH excluding ortho intramolecular Hbond substituents is 1. The van der Waals surface area contributed by atoms with E-state index in [-0.39, 0.29) is 37.6 Å². The van der Waals surface area contributed by atoms with Gasteiger partial charge in [0.05, 0.1) is 27.8 Å². The van der Waals surface area contributed by atoms with Crippen LogP contribution in [-0.4, -0.2) is 70.8 Å². The minimum absolute atomic E-state index is 0.0269. The van der Waals surface area contributed by atoms with E-state index < -0.39 is 37.1 Å². The number of carbonyl (C=O) groups excluding carboxylic acids is 1. The van der Waals surface area contributed by atoms with Crippen molar-refractivity contribution in [2.45, 2.75) is 24.5 Å². The van der Waals surface area contributed by atoms with Crippen molar-refractivity contribution in [1.82, 2.24) is 19.5 Å². The number of nitrogens with one attached hydrogen (secondary N) is 1. The smallest absolute Gasteiger partial charge is 0.260 e. The summed E-state index contributed by atoms with van der Waals surface area (Å²) in [6.07, 6.45) is -2.24. The minimum Gasteiger partial charge on any atom is -0.506 e. The molecule has 1 aromatic carbocycles. The number of aliphatic hydroxyl groups is 3. The Morgan fingerprint density at radius 2 is 2.09 bits per heavy atom. The molecule has 0 bridgehead atoms. The molecule has 4 rings (SSSR count). The van der Waals surface area contributed by atoms with Crippen molar-refractivity contribution < 1.29 is 30.0 Å². The van der Waals surface area contributed by atoms with E-state index in [0.717, 1.165) is 6.33 Å². The number of benzene rings is 1. The Hall–Kier alpha value is -3.08. The first-order valence-electron chi connectivity index (χ1n) is 9.05. The molecule has 0 radical (unpaired) electrons. The molecule has 3 aromatic rings. The number of imidazole rings is 1. The van der Waals surface area contributed by atoms with Crippen LogP contribution in [0.2, 0.25) is 0 Å². The fourth-order valence-electron chi connectivity index (χ4n) is 3.28. The maximum absolute atomic E-state index is 12.7. The normalized spacial score (nSPS) is 22.6. The third-order valence-electron chi connectivity index (χ3n) is 4.87. The number of ether oxygens (including phenoxy) is 1. The number of aromatic nitrogens is 4. The van der Waals surface area contributed by atoms with Crippen molar-refractivity contribution in [3.05, 3.63) is 44.4 Å². The molecule has 0 unspecified atom stereocenters. The number of anilines is 1. The number of carbonyl (C=O) groups is 1. The van der Waals surface area contributed by atoms with Crippen molar-refractivity contribution in [3.63, 3.8) is 0 Å². The standard InChI is InChI=1S/C17H15IN8O6/c18-9-7(24-25-19)2-1-6(11(9)28)16(31)23-14-10-15(21-4-20-14)26(5-22-10)17-13(30)12(29)8(3-27)32-17/h1-2,4-5,8,12-13,17,27-30H,3H2,(H,20,21,23,31)/t8-,12-,13-,17-/m1/s1. The van der Waals surface area contributed by atoms with E-state index in [0.29, 0.717) is 0 Å². The summed E-state index contributed by atoms with van der Waals surface area (Å²) < 4.78 is 7.05. The second kappa shape index (κ2) is 8.81. The summed E-state index contributed by atoms with van der Waals surface area (Å²) in [5.41, 5.74) is 9.02. The summed E-state index contributed by atoms with van der Waals surface area (Å²) in [7, 11) is 0. The monoisotopic (exact) mass is 554 g/mol. The number of halogens is 1. The molecule has 1 fully saturated rings. The first kappa shape index (κ1) is 22.1. The molecule has 2 aromatic heterocycles. The summed E-state index contributed by atoms with van der Waals surface area (Å²) >= 11 is 1.75. The Labute approximate surface area is 192 Å². The van der Waals surface area contributed by atoms with Crippen LogP contribution in [0, 0.1) is 3.57 Å². The van der Waals surface area contributed by atoms with E-state index >= 15 is 0 Å². The first-order valence-corrected chi connectivity index (χ1v) is 10.1. The van der Waals surface area contributed by atoms with Crippen LogP contribution in [-0.2, 0) is 4.74 Å². The molecule has 0 saturated carbocycles. The third-order valence-corrected chi connectivity index (χ3v) is 5.94. The molecule has 0 aliphatic carbocycles. The molecule has 166 valence electrons. The lowest BCUT2D eigenvalue weighted by molar-refractivity contribution is -0.0511. The zero-order chi connectivity index (χ0) is 23.0. The first-order chi connectivity index (χ1) is 15.4. The topological polar surface area (TPSA) is 212 Å². The molecule has 1 amide bonds. The fraction of sp³-hybridized carbons (Fsp3) is 0.294. The van der Waals surface area contributed by atoms with Crippen molar-refractivity contribution in [2.24, 2.45) is 5.11 Å². The van der Waals surface area contributed by atoms with Gasteiger partial charge in [-0.05, 0) is 34.2 Å². The average molecular weight is 554 g/mol. The van der Waals surface area contributed by atoms with Crippen LogP contribution >= 0.6 is 22.6 Å². The number of rotatable bonds is 5. The van der Waals surface area contributed by atoms with E-state index in [1.165, 1.54) is 23.0 Å². The van der Waals surface area contributed by atoms with Gasteiger partial charge in [0.25, 0.3) is 5.91 Å². The summed E-state index contributed by atoms with van der Waals surface area (Å²) in [5.74, 6) is -1.04. The van der Waals surface area contributed by atoms with Crippen LogP contribution in [0.15, 0.2) is 29.9 Å². The zero-order valence-corrected chi connectivity index (χ0v) is 18.1. The minimum atomic E-state index is -1.34. The lowest BCUT2D eigenvalue weighted by Crippen LogP contribution is -2.33. The van der Waals surface area contributed by atoms with Gasteiger partial charge in [-0.15, -0.1) is 0 Å². The molecule has 32 heavy (non-hydrogen) atoms. The van der Waals surface area contributed by atoms with Gasteiger partial charge >= 0.3 is 0 Å². The highest BCUT2D eigenvalue weighted by Crippen LogP contribution is 2.34. The molecule has 15 heteroatoms. The molecule has 3 heterocycles. The summed E-state index contributed by atoms with van der Waals surface area (Å²) in [4.78, 5) is 27.7.